The number of aromatic nitrogens is 3. The summed E-state index contributed by atoms with van der Waals surface area (Å²) in [6.07, 6.45) is -3.08. The van der Waals surface area contributed by atoms with Crippen LogP contribution in [-0.4, -0.2) is 33.1 Å². The molecule has 0 spiro atoms. The van der Waals surface area contributed by atoms with Crippen molar-refractivity contribution in [1.29, 1.82) is 5.26 Å². The molecule has 4 rings (SSSR count). The molecule has 0 bridgehead atoms. The molecule has 2 amide bonds. The third-order valence-corrected chi connectivity index (χ3v) is 4.96. The lowest BCUT2D eigenvalue weighted by Crippen LogP contribution is -2.46. The van der Waals surface area contributed by atoms with Crippen LogP contribution in [0.15, 0.2) is 42.7 Å². The molecular formula is C20H15F3N8O2. The zero-order valence-corrected chi connectivity index (χ0v) is 16.7. The van der Waals surface area contributed by atoms with Crippen molar-refractivity contribution in [2.24, 2.45) is 5.73 Å². The Kier molecular flexibility index (Phi) is 5.22. The van der Waals surface area contributed by atoms with Gasteiger partial charge in [-0.25, -0.2) is 9.67 Å². The molecule has 1 atom stereocenters. The molecule has 3 aromatic rings. The Balaban J connectivity index is 1.67. The van der Waals surface area contributed by atoms with Crippen molar-refractivity contribution in [3.63, 3.8) is 0 Å². The number of rotatable bonds is 3. The zero-order valence-electron chi connectivity index (χ0n) is 16.7. The number of nitrogens with two attached hydrogens (primary N) is 2. The van der Waals surface area contributed by atoms with Crippen molar-refractivity contribution in [2.75, 3.05) is 22.5 Å². The number of nitriles is 1. The number of carbonyl (C=O) groups excluding carboxylic acids is 2. The third kappa shape index (κ3) is 3.94. The molecule has 1 aliphatic heterocycles. The molecule has 13 heteroatoms. The zero-order chi connectivity index (χ0) is 23.9. The fraction of sp³-hybridized carbons (Fsp3) is 0.150. The summed E-state index contributed by atoms with van der Waals surface area (Å²) in [6.45, 7) is -0.112. The van der Waals surface area contributed by atoms with E-state index in [-0.39, 0.29) is 35.0 Å². The predicted octanol–water partition coefficient (Wildman–Crippen LogP) is 2.12. The second-order valence-electron chi connectivity index (χ2n) is 7.10. The Bertz CT molecular complexity index is 1290. The predicted molar refractivity (Wildman–Crippen MR) is 110 cm³/mol. The van der Waals surface area contributed by atoms with Crippen LogP contribution in [0.3, 0.4) is 0 Å². The van der Waals surface area contributed by atoms with E-state index < -0.39 is 35.3 Å². The van der Waals surface area contributed by atoms with E-state index in [0.29, 0.717) is 0 Å². The molecule has 1 aliphatic rings. The summed E-state index contributed by atoms with van der Waals surface area (Å²) >= 11 is 0. The number of pyridine rings is 1. The van der Waals surface area contributed by atoms with Crippen molar-refractivity contribution < 1.29 is 22.8 Å². The Morgan fingerprint density at radius 2 is 2.00 bits per heavy atom. The normalized spacial score (nSPS) is 15.7. The summed E-state index contributed by atoms with van der Waals surface area (Å²) < 4.78 is 40.6. The monoisotopic (exact) mass is 456 g/mol. The van der Waals surface area contributed by atoms with Gasteiger partial charge in [-0.15, -0.1) is 0 Å². The highest BCUT2D eigenvalue weighted by molar-refractivity contribution is 6.13. The van der Waals surface area contributed by atoms with Crippen LogP contribution in [-0.2, 0) is 6.18 Å². The van der Waals surface area contributed by atoms with Crippen molar-refractivity contribution in [3.05, 3.63) is 65.1 Å². The first-order valence-electron chi connectivity index (χ1n) is 9.39. The molecule has 3 heterocycles. The Hall–Kier alpha value is -4.44. The standard InChI is InChI=1S/C20H15F3N8O2/c21-20(22,23)13-3-2-12(5-11(13)6-24)30-9-16(26)31-17(19(30)33)14(8-28-31)29-18(32)10-1-4-15(25)27-7-10/h1-5,7-8,16H,9,26H2,(H2,25,27)(H,29,32). The fourth-order valence-corrected chi connectivity index (χ4v) is 3.39. The lowest BCUT2D eigenvalue weighted by Gasteiger charge is -2.32. The first kappa shape index (κ1) is 21.8. The molecule has 2 aromatic heterocycles. The van der Waals surface area contributed by atoms with E-state index in [2.05, 4.69) is 15.4 Å². The molecule has 1 aromatic carbocycles. The number of hydrogen-bond donors (Lipinski definition) is 3. The van der Waals surface area contributed by atoms with E-state index in [1.807, 2.05) is 0 Å². The molecule has 0 aliphatic carbocycles. The number of amides is 2. The number of nitrogens with zero attached hydrogens (tertiary/aromatic N) is 5. The lowest BCUT2D eigenvalue weighted by molar-refractivity contribution is -0.137. The van der Waals surface area contributed by atoms with Gasteiger partial charge in [-0.1, -0.05) is 0 Å². The van der Waals surface area contributed by atoms with Gasteiger partial charge in [0.2, 0.25) is 0 Å². The van der Waals surface area contributed by atoms with Gasteiger partial charge in [0.05, 0.1) is 41.2 Å². The molecule has 168 valence electrons. The Morgan fingerprint density at radius 3 is 2.64 bits per heavy atom. The molecule has 5 N–H and O–H groups in total. The van der Waals surface area contributed by atoms with E-state index in [1.165, 1.54) is 35.3 Å². The van der Waals surface area contributed by atoms with Crippen LogP contribution >= 0.6 is 0 Å². The second-order valence-corrected chi connectivity index (χ2v) is 7.10. The van der Waals surface area contributed by atoms with Crippen LogP contribution < -0.4 is 21.7 Å². The highest BCUT2D eigenvalue weighted by atomic mass is 19.4. The minimum Gasteiger partial charge on any atom is -0.384 e. The molecule has 1 unspecified atom stereocenters. The van der Waals surface area contributed by atoms with E-state index in [1.54, 1.807) is 0 Å². The van der Waals surface area contributed by atoms with Crippen LogP contribution in [0.4, 0.5) is 30.4 Å². The minimum absolute atomic E-state index is 0.0486. The number of hydrogen-bond acceptors (Lipinski definition) is 7. The first-order chi connectivity index (χ1) is 15.6. The van der Waals surface area contributed by atoms with Crippen LogP contribution in [0.25, 0.3) is 0 Å². The summed E-state index contributed by atoms with van der Waals surface area (Å²) in [4.78, 5) is 30.7. The van der Waals surface area contributed by atoms with E-state index >= 15 is 0 Å². The topological polar surface area (TPSA) is 156 Å². The number of fused-ring (bicyclic) bond motifs is 1. The number of nitrogens with one attached hydrogen (secondary N) is 1. The summed E-state index contributed by atoms with van der Waals surface area (Å²) in [5.41, 5.74) is 10.1. The number of anilines is 3. The van der Waals surface area contributed by atoms with Gasteiger partial charge >= 0.3 is 6.18 Å². The second kappa shape index (κ2) is 7.92. The minimum atomic E-state index is -4.72. The van der Waals surface area contributed by atoms with Gasteiger partial charge in [-0.05, 0) is 30.3 Å². The van der Waals surface area contributed by atoms with Gasteiger partial charge in [0.15, 0.2) is 5.69 Å². The molecule has 10 nitrogen and oxygen atoms in total. The fourth-order valence-electron chi connectivity index (χ4n) is 3.39. The molecule has 0 fully saturated rings. The van der Waals surface area contributed by atoms with Gasteiger partial charge in [0.1, 0.15) is 12.0 Å². The smallest absolute Gasteiger partial charge is 0.384 e. The lowest BCUT2D eigenvalue weighted by atomic mass is 10.1. The first-order valence-corrected chi connectivity index (χ1v) is 9.39. The number of carbonyl (C=O) groups is 2. The maximum atomic E-state index is 13.2. The number of alkyl halides is 3. The highest BCUT2D eigenvalue weighted by Gasteiger charge is 2.37. The van der Waals surface area contributed by atoms with E-state index in [0.717, 1.165) is 23.1 Å². The number of nitrogen functional groups attached to an aromatic ring is 1. The van der Waals surface area contributed by atoms with Crippen molar-refractivity contribution in [2.45, 2.75) is 12.3 Å². The molecule has 33 heavy (non-hydrogen) atoms. The third-order valence-electron chi connectivity index (χ3n) is 4.96. The van der Waals surface area contributed by atoms with Gasteiger partial charge in [-0.2, -0.15) is 23.5 Å². The van der Waals surface area contributed by atoms with Crippen LogP contribution in [0.2, 0.25) is 0 Å². The summed E-state index contributed by atoms with van der Waals surface area (Å²) in [7, 11) is 0. The molecule has 0 saturated carbocycles. The van der Waals surface area contributed by atoms with Crippen LogP contribution in [0.5, 0.6) is 0 Å². The van der Waals surface area contributed by atoms with Crippen LogP contribution in [0.1, 0.15) is 38.1 Å². The van der Waals surface area contributed by atoms with E-state index in [9.17, 15) is 22.8 Å². The molecule has 0 radical (unpaired) electrons. The molecular weight excluding hydrogens is 441 g/mol. The van der Waals surface area contributed by atoms with Crippen molar-refractivity contribution in [3.8, 4) is 6.07 Å². The van der Waals surface area contributed by atoms with Crippen molar-refractivity contribution >= 4 is 29.0 Å². The largest absolute Gasteiger partial charge is 0.417 e. The summed E-state index contributed by atoms with van der Waals surface area (Å²) in [6, 6.07) is 7.16. The van der Waals surface area contributed by atoms with Gasteiger partial charge < -0.3 is 21.7 Å². The van der Waals surface area contributed by atoms with Gasteiger partial charge in [0, 0.05) is 11.9 Å². The maximum Gasteiger partial charge on any atom is 0.417 e. The van der Waals surface area contributed by atoms with E-state index in [4.69, 9.17) is 16.7 Å². The summed E-state index contributed by atoms with van der Waals surface area (Å²) in [5.74, 6) is -1.03. The SMILES string of the molecule is N#Cc1cc(N2CC(N)n3ncc(NC(=O)c4ccc(N)nc4)c3C2=O)ccc1C(F)(F)F. The average Bonchev–Trinajstić information content (AvgIpc) is 3.20. The quantitative estimate of drug-likeness (QED) is 0.545. The average molecular weight is 456 g/mol. The maximum absolute atomic E-state index is 13.2. The Labute approximate surface area is 184 Å². The number of halogens is 3. The van der Waals surface area contributed by atoms with Crippen molar-refractivity contribution in [1.82, 2.24) is 14.8 Å². The Morgan fingerprint density at radius 1 is 1.24 bits per heavy atom. The van der Waals surface area contributed by atoms with Gasteiger partial charge in [0.25, 0.3) is 11.8 Å². The summed E-state index contributed by atoms with van der Waals surface area (Å²) in [5, 5.41) is 15.8. The van der Waals surface area contributed by atoms with Gasteiger partial charge in [-0.3, -0.25) is 9.59 Å². The highest BCUT2D eigenvalue weighted by Crippen LogP contribution is 2.35. The number of benzene rings is 1. The molecule has 0 saturated heterocycles. The van der Waals surface area contributed by atoms with Crippen LogP contribution in [0, 0.1) is 11.3 Å².